The van der Waals surface area contributed by atoms with E-state index >= 15 is 0 Å². The van der Waals surface area contributed by atoms with E-state index in [-0.39, 0.29) is 88.9 Å². The van der Waals surface area contributed by atoms with Crippen molar-refractivity contribution in [2.24, 2.45) is 0 Å². The Bertz CT molecular complexity index is 967. The fourth-order valence-electron chi connectivity index (χ4n) is 9.19. The third kappa shape index (κ3) is 17.4. The summed E-state index contributed by atoms with van der Waals surface area (Å²) >= 11 is 0. The second-order valence-corrected chi connectivity index (χ2v) is 17.8. The van der Waals surface area contributed by atoms with Gasteiger partial charge < -0.3 is 0 Å². The first-order valence-electron chi connectivity index (χ1n) is 22.1. The predicted molar refractivity (Wildman–Crippen MR) is 256 cm³/mol. The van der Waals surface area contributed by atoms with Gasteiger partial charge in [-0.3, -0.25) is 0 Å². The maximum atomic E-state index is 2.24. The van der Waals surface area contributed by atoms with Gasteiger partial charge in [0.1, 0.15) is 0 Å². The van der Waals surface area contributed by atoms with E-state index in [1.807, 2.05) is 0 Å². The van der Waals surface area contributed by atoms with Crippen LogP contribution in [-0.2, 0) is 51.2 Å². The van der Waals surface area contributed by atoms with Crippen LogP contribution in [0, 0.1) is 245 Å². The first-order valence-corrected chi connectivity index (χ1v) is 22.1. The number of rotatable bonds is 8. The molecular formula is C60H72Fe3Li2+8. The van der Waals surface area contributed by atoms with E-state index in [4.69, 9.17) is 0 Å². The number of hydrogen-bond acceptors (Lipinski definition) is 0. The Morgan fingerprint density at radius 2 is 0.308 bits per heavy atom. The van der Waals surface area contributed by atoms with Gasteiger partial charge in [0.05, 0.1) is 0 Å². The molecule has 0 aromatic heterocycles. The quantitative estimate of drug-likeness (QED) is 0.213. The molecular weight excluding hydrogens is 902 g/mol. The fourth-order valence-corrected chi connectivity index (χ4v) is 9.19. The molecule has 0 heterocycles. The van der Waals surface area contributed by atoms with Crippen molar-refractivity contribution >= 4 is 0 Å². The van der Waals surface area contributed by atoms with Crippen molar-refractivity contribution in [2.45, 2.75) is 136 Å². The first-order chi connectivity index (χ1) is 28.4. The van der Waals surface area contributed by atoms with Gasteiger partial charge in [-0.1, -0.05) is 111 Å². The van der Waals surface area contributed by atoms with Crippen molar-refractivity contribution < 1.29 is 88.9 Å². The van der Waals surface area contributed by atoms with E-state index < -0.39 is 0 Å². The summed E-state index contributed by atoms with van der Waals surface area (Å²) in [6.45, 7) is 35.8. The Labute approximate surface area is 466 Å². The summed E-state index contributed by atoms with van der Waals surface area (Å²) in [6.07, 6.45) is 38.9. The minimum absolute atomic E-state index is 0. The van der Waals surface area contributed by atoms with Crippen LogP contribution < -0.4 is 37.7 Å². The van der Waals surface area contributed by atoms with Gasteiger partial charge >= 0.3 is 88.9 Å². The van der Waals surface area contributed by atoms with E-state index in [2.05, 4.69) is 214 Å². The van der Waals surface area contributed by atoms with E-state index in [1.165, 1.54) is 142 Å². The van der Waals surface area contributed by atoms with Gasteiger partial charge in [-0.25, -0.2) is 0 Å². The SMILES string of the molecule is C[C]1[C](C)[C](C)[C](C[C]2[CH][CH][CH][CH]2)[C]1C.C[C]1[C](C)[C](C)[C](C[C]2[CH][CH][CH][CH]2)[C]1C.C[C]1[C](C)[C](C)[C](C[C]2[CH][CH][CH][CH]2)[C]1C.C[C]1[C](C)[C](C)[C](C[C]2[CH][CH][CH][CH]2)[C]1C.[Fe+2].[Fe+2].[Fe+2].[Li+].[Li+]. The van der Waals surface area contributed by atoms with Gasteiger partial charge in [-0.05, 0) is 270 Å². The normalized spacial score (nSPS) is 27.3. The van der Waals surface area contributed by atoms with Crippen LogP contribution in [-0.4, -0.2) is 0 Å². The third-order valence-corrected chi connectivity index (χ3v) is 14.8. The molecule has 0 unspecified atom stereocenters. The van der Waals surface area contributed by atoms with Gasteiger partial charge in [-0.15, -0.1) is 0 Å². The molecule has 0 spiro atoms. The average molecular weight is 975 g/mol. The molecule has 0 aromatic rings. The van der Waals surface area contributed by atoms with Crippen LogP contribution in [0.3, 0.4) is 0 Å². The topological polar surface area (TPSA) is 0 Å². The summed E-state index contributed by atoms with van der Waals surface area (Å²) in [5, 5.41) is 0. The Kier molecular flexibility index (Phi) is 33.5. The molecule has 0 N–H and O–H groups in total. The Morgan fingerprint density at radius 1 is 0.200 bits per heavy atom. The molecule has 8 aliphatic carbocycles. The molecule has 65 heavy (non-hydrogen) atoms. The standard InChI is InChI=1S/4C15H18.3Fe.2Li/c4*1-10-11(2)13(4)15(12(10)3)9-14-7-5-6-8-14;;;;;/h4*5-8H,9H2,1-4H3;;;;;/q;;;;3*+2;2*+1. The second kappa shape index (κ2) is 32.1. The predicted octanol–water partition coefficient (Wildman–Crippen LogP) is 8.99. The van der Waals surface area contributed by atoms with Crippen molar-refractivity contribution in [3.63, 3.8) is 0 Å². The monoisotopic (exact) mass is 974 g/mol. The molecule has 8 saturated carbocycles. The van der Waals surface area contributed by atoms with Crippen molar-refractivity contribution in [3.8, 4) is 0 Å². The zero-order chi connectivity index (χ0) is 44.0. The zero-order valence-corrected chi connectivity index (χ0v) is 46.4. The largest absolute Gasteiger partial charge is 2.00 e. The molecule has 0 nitrogen and oxygen atoms in total. The molecule has 8 rings (SSSR count). The zero-order valence-electron chi connectivity index (χ0n) is 43.1. The summed E-state index contributed by atoms with van der Waals surface area (Å²) in [5.41, 5.74) is 0. The fraction of sp³-hybridized carbons (Fsp3) is 0.333. The molecule has 8 aliphatic rings. The van der Waals surface area contributed by atoms with Crippen LogP contribution >= 0.6 is 0 Å². The van der Waals surface area contributed by atoms with Crippen LogP contribution in [0.2, 0.25) is 0 Å². The summed E-state index contributed by atoms with van der Waals surface area (Å²) in [5.74, 6) is 35.3. The van der Waals surface area contributed by atoms with Crippen LogP contribution in [0.25, 0.3) is 0 Å². The molecule has 0 saturated heterocycles. The van der Waals surface area contributed by atoms with Crippen molar-refractivity contribution in [1.82, 2.24) is 0 Å². The second-order valence-electron chi connectivity index (χ2n) is 17.8. The van der Waals surface area contributed by atoms with Gasteiger partial charge in [0.2, 0.25) is 0 Å². The molecule has 0 atom stereocenters. The molecule has 0 aromatic carbocycles. The van der Waals surface area contributed by atoms with Crippen LogP contribution in [0.1, 0.15) is 136 Å². The summed E-state index contributed by atoms with van der Waals surface area (Å²) in [6, 6.07) is 0. The van der Waals surface area contributed by atoms with Crippen molar-refractivity contribution in [1.29, 1.82) is 0 Å². The molecule has 0 aliphatic heterocycles. The first kappa shape index (κ1) is 67.8. The third-order valence-electron chi connectivity index (χ3n) is 14.8. The van der Waals surface area contributed by atoms with E-state index in [1.54, 1.807) is 0 Å². The maximum absolute atomic E-state index is 2.24. The minimum Gasteiger partial charge on any atom is -0.0579 e. The van der Waals surface area contributed by atoms with Crippen molar-refractivity contribution in [3.05, 3.63) is 245 Å². The summed E-state index contributed by atoms with van der Waals surface area (Å²) < 4.78 is 0. The van der Waals surface area contributed by atoms with Crippen LogP contribution in [0.4, 0.5) is 0 Å². The summed E-state index contributed by atoms with van der Waals surface area (Å²) in [7, 11) is 0. The smallest absolute Gasteiger partial charge is 0.0579 e. The molecule has 0 amide bonds. The Balaban J connectivity index is 0.000000819. The molecule has 330 valence electrons. The molecule has 40 radical (unpaired) electrons. The maximum Gasteiger partial charge on any atom is 2.00 e. The van der Waals surface area contributed by atoms with E-state index in [0.29, 0.717) is 0 Å². The van der Waals surface area contributed by atoms with Crippen LogP contribution in [0.5, 0.6) is 0 Å². The van der Waals surface area contributed by atoms with Gasteiger partial charge in [-0.2, -0.15) is 0 Å². The average Bonchev–Trinajstić information content (AvgIpc) is 4.14. The van der Waals surface area contributed by atoms with E-state index in [0.717, 1.165) is 25.7 Å². The van der Waals surface area contributed by atoms with Gasteiger partial charge in [0.15, 0.2) is 0 Å². The van der Waals surface area contributed by atoms with E-state index in [9.17, 15) is 0 Å². The van der Waals surface area contributed by atoms with Crippen molar-refractivity contribution in [2.75, 3.05) is 0 Å². The van der Waals surface area contributed by atoms with Gasteiger partial charge in [0.25, 0.3) is 0 Å². The van der Waals surface area contributed by atoms with Gasteiger partial charge in [0, 0.05) is 0 Å². The molecule has 0 bridgehead atoms. The Morgan fingerprint density at radius 3 is 0.415 bits per heavy atom. The molecule has 8 fully saturated rings. The molecule has 5 heteroatoms. The Hall–Kier alpha value is 2.75. The number of hydrogen-bond donors (Lipinski definition) is 0. The summed E-state index contributed by atoms with van der Waals surface area (Å²) in [4.78, 5) is 0. The minimum atomic E-state index is 0. The van der Waals surface area contributed by atoms with Crippen LogP contribution in [0.15, 0.2) is 0 Å².